The zero-order chi connectivity index (χ0) is 21.1. The molecule has 0 fully saturated rings. The highest BCUT2D eigenvalue weighted by molar-refractivity contribution is 6.06. The van der Waals surface area contributed by atoms with E-state index in [2.05, 4.69) is 6.92 Å². The summed E-state index contributed by atoms with van der Waals surface area (Å²) in [4.78, 5) is 28.6. The quantitative estimate of drug-likeness (QED) is 0.732. The fourth-order valence-electron chi connectivity index (χ4n) is 3.64. The van der Waals surface area contributed by atoms with Crippen LogP contribution >= 0.6 is 0 Å². The molecule has 0 saturated heterocycles. The Balaban J connectivity index is 2.14. The van der Waals surface area contributed by atoms with Crippen molar-refractivity contribution in [2.75, 3.05) is 25.2 Å². The normalized spacial score (nSPS) is 20.6. The maximum Gasteiger partial charge on any atom is 0.416 e. The van der Waals surface area contributed by atoms with Crippen molar-refractivity contribution in [3.8, 4) is 11.5 Å². The Bertz CT molecular complexity index is 822. The molecule has 8 nitrogen and oxygen atoms in total. The number of anilines is 1. The lowest BCUT2D eigenvalue weighted by Crippen LogP contribution is -2.50. The van der Waals surface area contributed by atoms with Gasteiger partial charge in [0.05, 0.1) is 37.6 Å². The van der Waals surface area contributed by atoms with E-state index < -0.39 is 18.4 Å². The number of nitrogens with zero attached hydrogens (tertiary/aromatic N) is 2. The van der Waals surface area contributed by atoms with Gasteiger partial charge in [0, 0.05) is 12.3 Å². The molecular formula is C21H28N2O6. The molecule has 0 bridgehead atoms. The summed E-state index contributed by atoms with van der Waals surface area (Å²) >= 11 is 0. The highest BCUT2D eigenvalue weighted by Gasteiger charge is 2.44. The average molecular weight is 404 g/mol. The maximum atomic E-state index is 13.3. The second-order valence-corrected chi connectivity index (χ2v) is 7.16. The number of benzene rings is 1. The van der Waals surface area contributed by atoms with Gasteiger partial charge in [0.2, 0.25) is 0 Å². The van der Waals surface area contributed by atoms with E-state index in [1.165, 1.54) is 12.0 Å². The van der Waals surface area contributed by atoms with Crippen LogP contribution in [-0.2, 0) is 4.74 Å². The Kier molecular flexibility index (Phi) is 6.32. The fourth-order valence-corrected chi connectivity index (χ4v) is 3.64. The first kappa shape index (κ1) is 21.0. The van der Waals surface area contributed by atoms with Gasteiger partial charge in [-0.3, -0.25) is 4.79 Å². The van der Waals surface area contributed by atoms with Crippen LogP contribution in [0.4, 0.5) is 10.5 Å². The second-order valence-electron chi connectivity index (χ2n) is 7.16. The number of aliphatic hydroxyl groups is 1. The molecule has 2 aliphatic heterocycles. The van der Waals surface area contributed by atoms with Crippen LogP contribution in [0.2, 0.25) is 0 Å². The number of carbonyl (C=O) groups is 2. The molecule has 0 radical (unpaired) electrons. The van der Waals surface area contributed by atoms with Gasteiger partial charge in [0.1, 0.15) is 0 Å². The first-order chi connectivity index (χ1) is 13.9. The Morgan fingerprint density at radius 2 is 2.03 bits per heavy atom. The standard InChI is InChI=1S/C21H28N2O6/c1-5-7-8-29-18-11-15-14(10-17(18)27-4)19(24)22-12-13(3)9-16(22)20(25)23(15)21(26)28-6-2/h10-12,16,20,25H,5-9H2,1-4H3/t16-,20-/m0/s1. The fraction of sp³-hybridized carbons (Fsp3) is 0.524. The first-order valence-electron chi connectivity index (χ1n) is 9.91. The molecule has 0 aromatic heterocycles. The molecule has 0 unspecified atom stereocenters. The van der Waals surface area contributed by atoms with E-state index in [4.69, 9.17) is 14.2 Å². The lowest BCUT2D eigenvalue weighted by Gasteiger charge is -2.31. The van der Waals surface area contributed by atoms with Crippen LogP contribution in [0, 0.1) is 0 Å². The van der Waals surface area contributed by atoms with E-state index in [1.54, 1.807) is 25.3 Å². The van der Waals surface area contributed by atoms with Crippen LogP contribution in [0.1, 0.15) is 50.4 Å². The molecule has 8 heteroatoms. The number of fused-ring (bicyclic) bond motifs is 2. The molecule has 158 valence electrons. The Labute approximate surface area is 170 Å². The molecule has 29 heavy (non-hydrogen) atoms. The van der Waals surface area contributed by atoms with Gasteiger partial charge in [-0.2, -0.15) is 0 Å². The number of unbranched alkanes of at least 4 members (excludes halogenated alkanes) is 1. The van der Waals surface area contributed by atoms with Crippen molar-refractivity contribution in [1.29, 1.82) is 0 Å². The third kappa shape index (κ3) is 3.89. The minimum absolute atomic E-state index is 0.146. The largest absolute Gasteiger partial charge is 0.493 e. The average Bonchev–Trinajstić information content (AvgIpc) is 3.06. The summed E-state index contributed by atoms with van der Waals surface area (Å²) in [5.74, 6) is 0.485. The predicted octanol–water partition coefficient (Wildman–Crippen LogP) is 3.29. The van der Waals surface area contributed by atoms with Crippen LogP contribution in [0.5, 0.6) is 11.5 Å². The summed E-state index contributed by atoms with van der Waals surface area (Å²) in [6, 6.07) is 2.54. The highest BCUT2D eigenvalue weighted by atomic mass is 16.6. The summed E-state index contributed by atoms with van der Waals surface area (Å²) in [7, 11) is 1.50. The number of hydrogen-bond donors (Lipinski definition) is 1. The van der Waals surface area contributed by atoms with Crippen LogP contribution in [0.15, 0.2) is 23.9 Å². The van der Waals surface area contributed by atoms with Crippen LogP contribution in [-0.4, -0.2) is 54.6 Å². The smallest absolute Gasteiger partial charge is 0.416 e. The number of methoxy groups -OCH3 is 1. The summed E-state index contributed by atoms with van der Waals surface area (Å²) in [6.45, 7) is 6.24. The van der Waals surface area contributed by atoms with Crippen molar-refractivity contribution >= 4 is 17.7 Å². The van der Waals surface area contributed by atoms with Crippen LogP contribution < -0.4 is 14.4 Å². The number of rotatable bonds is 6. The molecule has 1 aromatic carbocycles. The highest BCUT2D eigenvalue weighted by Crippen LogP contribution is 2.41. The lowest BCUT2D eigenvalue weighted by atomic mass is 10.1. The van der Waals surface area contributed by atoms with Gasteiger partial charge in [-0.25, -0.2) is 9.69 Å². The van der Waals surface area contributed by atoms with Crippen LogP contribution in [0.25, 0.3) is 0 Å². The van der Waals surface area contributed by atoms with Gasteiger partial charge in [0.25, 0.3) is 5.91 Å². The minimum atomic E-state index is -1.26. The monoisotopic (exact) mass is 404 g/mol. The van der Waals surface area contributed by atoms with E-state index in [-0.39, 0.29) is 23.8 Å². The molecule has 0 spiro atoms. The van der Waals surface area contributed by atoms with Gasteiger partial charge in [-0.05, 0) is 32.8 Å². The zero-order valence-corrected chi connectivity index (χ0v) is 17.3. The molecule has 3 rings (SSSR count). The van der Waals surface area contributed by atoms with Crippen molar-refractivity contribution in [3.63, 3.8) is 0 Å². The predicted molar refractivity (Wildman–Crippen MR) is 107 cm³/mol. The summed E-state index contributed by atoms with van der Waals surface area (Å²) in [5, 5.41) is 11.1. The second kappa shape index (κ2) is 8.73. The van der Waals surface area contributed by atoms with E-state index in [0.29, 0.717) is 24.5 Å². The van der Waals surface area contributed by atoms with Crippen molar-refractivity contribution in [1.82, 2.24) is 4.90 Å². The molecule has 0 aliphatic carbocycles. The van der Waals surface area contributed by atoms with E-state index in [1.807, 2.05) is 6.92 Å². The molecule has 2 atom stereocenters. The topological polar surface area (TPSA) is 88.5 Å². The lowest BCUT2D eigenvalue weighted by molar-refractivity contribution is 0.0553. The molecular weight excluding hydrogens is 376 g/mol. The number of aliphatic hydroxyl groups excluding tert-OH is 1. The zero-order valence-electron chi connectivity index (χ0n) is 17.3. The molecule has 2 heterocycles. The van der Waals surface area contributed by atoms with E-state index >= 15 is 0 Å². The Morgan fingerprint density at radius 3 is 2.69 bits per heavy atom. The summed E-state index contributed by atoms with van der Waals surface area (Å²) in [5.41, 5.74) is 1.43. The molecule has 1 aromatic rings. The Morgan fingerprint density at radius 1 is 1.28 bits per heavy atom. The number of hydrogen-bond acceptors (Lipinski definition) is 6. The van der Waals surface area contributed by atoms with Gasteiger partial charge in [-0.15, -0.1) is 0 Å². The molecule has 0 saturated carbocycles. The molecule has 2 aliphatic rings. The third-order valence-electron chi connectivity index (χ3n) is 5.08. The molecule has 2 amide bonds. The van der Waals surface area contributed by atoms with Gasteiger partial charge >= 0.3 is 6.09 Å². The molecule has 1 N–H and O–H groups in total. The van der Waals surface area contributed by atoms with Gasteiger partial charge in [0.15, 0.2) is 17.7 Å². The van der Waals surface area contributed by atoms with E-state index in [0.717, 1.165) is 23.3 Å². The van der Waals surface area contributed by atoms with Crippen molar-refractivity contribution in [3.05, 3.63) is 29.5 Å². The summed E-state index contributed by atoms with van der Waals surface area (Å²) in [6.07, 6.45) is 2.01. The number of amides is 2. The van der Waals surface area contributed by atoms with Crippen LogP contribution in [0.3, 0.4) is 0 Å². The van der Waals surface area contributed by atoms with Crippen molar-refractivity contribution in [2.45, 2.75) is 52.3 Å². The maximum absolute atomic E-state index is 13.3. The minimum Gasteiger partial charge on any atom is -0.493 e. The number of carbonyl (C=O) groups excluding carboxylic acids is 2. The Hall–Kier alpha value is -2.74. The van der Waals surface area contributed by atoms with E-state index in [9.17, 15) is 14.7 Å². The SMILES string of the molecule is CCCCOc1cc2c(cc1OC)C(=O)N1C=C(C)C[C@H]1[C@H](O)N2C(=O)OCC. The van der Waals surface area contributed by atoms with Crippen molar-refractivity contribution < 1.29 is 28.9 Å². The third-order valence-corrected chi connectivity index (χ3v) is 5.08. The summed E-state index contributed by atoms with van der Waals surface area (Å²) < 4.78 is 16.4. The van der Waals surface area contributed by atoms with Gasteiger partial charge < -0.3 is 24.2 Å². The van der Waals surface area contributed by atoms with Gasteiger partial charge in [-0.1, -0.05) is 18.9 Å². The number of ether oxygens (including phenoxy) is 3. The van der Waals surface area contributed by atoms with Crippen molar-refractivity contribution in [2.24, 2.45) is 0 Å². The first-order valence-corrected chi connectivity index (χ1v) is 9.91.